The molecule has 0 saturated heterocycles. The summed E-state index contributed by atoms with van der Waals surface area (Å²) in [7, 11) is 0. The Morgan fingerprint density at radius 3 is 2.64 bits per heavy atom. The van der Waals surface area contributed by atoms with E-state index in [2.05, 4.69) is 9.97 Å². The molecule has 1 fully saturated rings. The van der Waals surface area contributed by atoms with Gasteiger partial charge in [-0.05, 0) is 30.5 Å². The fourth-order valence-electron chi connectivity index (χ4n) is 2.32. The Morgan fingerprint density at radius 2 is 2.05 bits per heavy atom. The van der Waals surface area contributed by atoms with Crippen molar-refractivity contribution in [2.24, 2.45) is 0 Å². The fourth-order valence-corrected chi connectivity index (χ4v) is 2.32. The summed E-state index contributed by atoms with van der Waals surface area (Å²) in [4.78, 5) is 22.0. The Kier molecular flexibility index (Phi) is 4.11. The van der Waals surface area contributed by atoms with Crippen LogP contribution in [0, 0.1) is 5.82 Å². The van der Waals surface area contributed by atoms with Gasteiger partial charge in [-0.15, -0.1) is 0 Å². The molecule has 1 atom stereocenters. The molecule has 5 nitrogen and oxygen atoms in total. The number of carbonyl (C=O) groups is 1. The third kappa shape index (κ3) is 3.28. The zero-order valence-electron chi connectivity index (χ0n) is 11.9. The van der Waals surface area contributed by atoms with Gasteiger partial charge in [-0.25, -0.2) is 9.37 Å². The largest absolute Gasteiger partial charge is 0.387 e. The molecule has 1 aromatic heterocycles. The first-order valence-corrected chi connectivity index (χ1v) is 7.15. The Bertz CT molecular complexity index is 644. The zero-order chi connectivity index (χ0) is 15.5. The second-order valence-electron chi connectivity index (χ2n) is 5.35. The molecule has 1 N–H and O–H groups in total. The van der Waals surface area contributed by atoms with Crippen LogP contribution >= 0.6 is 0 Å². The number of nitrogens with zero attached hydrogens (tertiary/aromatic N) is 3. The highest BCUT2D eigenvalue weighted by molar-refractivity contribution is 5.92. The number of benzene rings is 1. The topological polar surface area (TPSA) is 66.3 Å². The minimum absolute atomic E-state index is 0.129. The second-order valence-corrected chi connectivity index (χ2v) is 5.35. The Morgan fingerprint density at radius 1 is 1.32 bits per heavy atom. The summed E-state index contributed by atoms with van der Waals surface area (Å²) >= 11 is 0. The summed E-state index contributed by atoms with van der Waals surface area (Å²) in [5.74, 6) is -0.595. The number of hydrogen-bond donors (Lipinski definition) is 1. The molecule has 3 rings (SSSR count). The number of rotatable bonds is 5. The molecular formula is C16H16FN3O2. The van der Waals surface area contributed by atoms with E-state index in [1.807, 2.05) is 0 Å². The first kappa shape index (κ1) is 14.6. The van der Waals surface area contributed by atoms with Crippen molar-refractivity contribution in [3.8, 4) is 0 Å². The molecule has 0 spiro atoms. The van der Waals surface area contributed by atoms with Gasteiger partial charge in [-0.3, -0.25) is 9.78 Å². The predicted molar refractivity (Wildman–Crippen MR) is 77.5 cm³/mol. The highest BCUT2D eigenvalue weighted by Gasteiger charge is 2.35. The molecule has 0 radical (unpaired) electrons. The summed E-state index contributed by atoms with van der Waals surface area (Å²) in [6.07, 6.45) is 5.37. The van der Waals surface area contributed by atoms with Gasteiger partial charge in [0.1, 0.15) is 11.5 Å². The quantitative estimate of drug-likeness (QED) is 0.916. The van der Waals surface area contributed by atoms with Gasteiger partial charge in [0.2, 0.25) is 0 Å². The van der Waals surface area contributed by atoms with E-state index in [0.717, 1.165) is 12.8 Å². The fraction of sp³-hybridized carbons (Fsp3) is 0.312. The highest BCUT2D eigenvalue weighted by Crippen LogP contribution is 2.30. The maximum atomic E-state index is 12.9. The van der Waals surface area contributed by atoms with Crippen LogP contribution in [0.25, 0.3) is 0 Å². The van der Waals surface area contributed by atoms with Crippen LogP contribution < -0.4 is 0 Å². The van der Waals surface area contributed by atoms with Crippen molar-refractivity contribution >= 4 is 5.91 Å². The first-order chi connectivity index (χ1) is 10.6. The molecule has 1 aromatic carbocycles. The van der Waals surface area contributed by atoms with Crippen LogP contribution in [0.4, 0.5) is 4.39 Å². The zero-order valence-corrected chi connectivity index (χ0v) is 11.9. The predicted octanol–water partition coefficient (Wildman–Crippen LogP) is 1.95. The molecule has 0 aliphatic heterocycles. The van der Waals surface area contributed by atoms with Gasteiger partial charge in [0, 0.05) is 18.4 Å². The van der Waals surface area contributed by atoms with Gasteiger partial charge in [-0.2, -0.15) is 0 Å². The highest BCUT2D eigenvalue weighted by atomic mass is 19.1. The molecule has 1 heterocycles. The van der Waals surface area contributed by atoms with Crippen LogP contribution in [0.1, 0.15) is 35.0 Å². The number of carbonyl (C=O) groups excluding carboxylic acids is 1. The summed E-state index contributed by atoms with van der Waals surface area (Å²) in [6, 6.07) is 5.77. The van der Waals surface area contributed by atoms with E-state index in [1.165, 1.54) is 42.9 Å². The second kappa shape index (κ2) is 6.19. The van der Waals surface area contributed by atoms with Gasteiger partial charge < -0.3 is 10.0 Å². The van der Waals surface area contributed by atoms with Gasteiger partial charge >= 0.3 is 0 Å². The van der Waals surface area contributed by atoms with Crippen molar-refractivity contribution < 1.29 is 14.3 Å². The standard InChI is InChI=1S/C16H16FN3O2/c17-12-3-1-11(2-4-12)15(21)10-20(13-5-6-13)16(22)14-9-18-7-8-19-14/h1-4,7-9,13,15,21H,5-6,10H2. The smallest absolute Gasteiger partial charge is 0.274 e. The van der Waals surface area contributed by atoms with Crippen LogP contribution in [0.15, 0.2) is 42.9 Å². The Hall–Kier alpha value is -2.34. The lowest BCUT2D eigenvalue weighted by molar-refractivity contribution is 0.0597. The average Bonchev–Trinajstić information content (AvgIpc) is 3.38. The van der Waals surface area contributed by atoms with Crippen molar-refractivity contribution in [3.63, 3.8) is 0 Å². The van der Waals surface area contributed by atoms with Gasteiger partial charge in [0.15, 0.2) is 0 Å². The molecule has 6 heteroatoms. The van der Waals surface area contributed by atoms with Crippen LogP contribution in [0.5, 0.6) is 0 Å². The summed E-state index contributed by atoms with van der Waals surface area (Å²) in [5, 5.41) is 10.3. The number of aliphatic hydroxyl groups excluding tert-OH is 1. The van der Waals surface area contributed by atoms with Gasteiger partial charge in [0.05, 0.1) is 18.8 Å². The van der Waals surface area contributed by atoms with E-state index in [-0.39, 0.29) is 30.0 Å². The van der Waals surface area contributed by atoms with Crippen LogP contribution in [0.3, 0.4) is 0 Å². The Balaban J connectivity index is 1.74. The minimum atomic E-state index is -0.859. The van der Waals surface area contributed by atoms with Gasteiger partial charge in [-0.1, -0.05) is 12.1 Å². The van der Waals surface area contributed by atoms with Crippen molar-refractivity contribution in [1.82, 2.24) is 14.9 Å². The number of aliphatic hydroxyl groups is 1. The molecule has 114 valence electrons. The van der Waals surface area contributed by atoms with Crippen LogP contribution in [0.2, 0.25) is 0 Å². The van der Waals surface area contributed by atoms with E-state index in [9.17, 15) is 14.3 Å². The van der Waals surface area contributed by atoms with E-state index in [4.69, 9.17) is 0 Å². The molecular weight excluding hydrogens is 285 g/mol. The lowest BCUT2D eigenvalue weighted by Crippen LogP contribution is -2.37. The first-order valence-electron chi connectivity index (χ1n) is 7.15. The third-order valence-electron chi connectivity index (χ3n) is 3.66. The maximum absolute atomic E-state index is 12.9. The summed E-state index contributed by atoms with van der Waals surface area (Å²) < 4.78 is 12.9. The van der Waals surface area contributed by atoms with Crippen LogP contribution in [-0.4, -0.2) is 38.5 Å². The molecule has 1 aliphatic carbocycles. The average molecular weight is 301 g/mol. The molecule has 2 aromatic rings. The van der Waals surface area contributed by atoms with Crippen molar-refractivity contribution in [2.75, 3.05) is 6.54 Å². The van der Waals surface area contributed by atoms with Crippen molar-refractivity contribution in [1.29, 1.82) is 0 Å². The molecule has 22 heavy (non-hydrogen) atoms. The molecule has 1 saturated carbocycles. The number of hydrogen-bond acceptors (Lipinski definition) is 4. The number of amides is 1. The number of halogens is 1. The monoisotopic (exact) mass is 301 g/mol. The number of aromatic nitrogens is 2. The van der Waals surface area contributed by atoms with E-state index in [0.29, 0.717) is 5.56 Å². The lowest BCUT2D eigenvalue weighted by Gasteiger charge is -2.25. The van der Waals surface area contributed by atoms with Crippen molar-refractivity contribution in [2.45, 2.75) is 25.0 Å². The van der Waals surface area contributed by atoms with Crippen LogP contribution in [-0.2, 0) is 0 Å². The van der Waals surface area contributed by atoms with Crippen molar-refractivity contribution in [3.05, 3.63) is 59.9 Å². The Labute approximate surface area is 127 Å². The van der Waals surface area contributed by atoms with E-state index < -0.39 is 6.10 Å². The SMILES string of the molecule is O=C(c1cnccn1)N(CC(O)c1ccc(F)cc1)C1CC1. The summed E-state index contributed by atoms with van der Waals surface area (Å²) in [5.41, 5.74) is 0.847. The minimum Gasteiger partial charge on any atom is -0.387 e. The molecule has 1 unspecified atom stereocenters. The third-order valence-corrected chi connectivity index (χ3v) is 3.66. The molecule has 0 bridgehead atoms. The van der Waals surface area contributed by atoms with E-state index in [1.54, 1.807) is 4.90 Å². The summed E-state index contributed by atoms with van der Waals surface area (Å²) in [6.45, 7) is 0.158. The molecule has 1 aliphatic rings. The van der Waals surface area contributed by atoms with E-state index >= 15 is 0 Å². The van der Waals surface area contributed by atoms with Gasteiger partial charge in [0.25, 0.3) is 5.91 Å². The normalized spacial score (nSPS) is 15.4. The maximum Gasteiger partial charge on any atom is 0.274 e. The lowest BCUT2D eigenvalue weighted by atomic mass is 10.1. The molecule has 1 amide bonds.